The summed E-state index contributed by atoms with van der Waals surface area (Å²) in [4.78, 5) is 0. The molecule has 0 fully saturated rings. The fourth-order valence-corrected chi connectivity index (χ4v) is 2.65. The zero-order valence-corrected chi connectivity index (χ0v) is 13.7. The summed E-state index contributed by atoms with van der Waals surface area (Å²) in [6.07, 6.45) is 0.860. The first-order valence-electron chi connectivity index (χ1n) is 6.79. The second kappa shape index (κ2) is 7.59. The molecule has 0 saturated carbocycles. The molecular formula is C15H19BrN2O3. The van der Waals surface area contributed by atoms with Crippen molar-refractivity contribution in [3.05, 3.63) is 46.2 Å². The summed E-state index contributed by atoms with van der Waals surface area (Å²) >= 11 is 3.45. The number of aliphatic hydroxyl groups excluding tert-OH is 1. The summed E-state index contributed by atoms with van der Waals surface area (Å²) < 4.78 is 13.2. The topological polar surface area (TPSA) is 56.5 Å². The average molecular weight is 355 g/mol. The van der Waals surface area contributed by atoms with E-state index in [-0.39, 0.29) is 0 Å². The largest absolute Gasteiger partial charge is 0.493 e. The van der Waals surface area contributed by atoms with Crippen molar-refractivity contribution >= 4 is 15.9 Å². The highest BCUT2D eigenvalue weighted by Crippen LogP contribution is 2.33. The van der Waals surface area contributed by atoms with Gasteiger partial charge in [0.05, 0.1) is 36.1 Å². The second-order valence-corrected chi connectivity index (χ2v) is 5.32. The Balaban J connectivity index is 2.35. The van der Waals surface area contributed by atoms with Gasteiger partial charge in [-0.25, -0.2) is 0 Å². The van der Waals surface area contributed by atoms with E-state index in [0.29, 0.717) is 31.2 Å². The standard InChI is InChI=1S/C15H19BrN2O3/c1-3-21-13-7-5-4-6-11(13)15(19)14-12(16)10-17-18(14)8-9-20-2/h4-7,10,15,19H,3,8-9H2,1-2H3. The number of nitrogens with zero attached hydrogens (tertiary/aromatic N) is 2. The smallest absolute Gasteiger partial charge is 0.125 e. The highest BCUT2D eigenvalue weighted by atomic mass is 79.9. The lowest BCUT2D eigenvalue weighted by Crippen LogP contribution is -2.14. The molecule has 1 heterocycles. The van der Waals surface area contributed by atoms with Gasteiger partial charge < -0.3 is 14.6 Å². The number of ether oxygens (including phenoxy) is 2. The van der Waals surface area contributed by atoms with Crippen molar-refractivity contribution in [3.63, 3.8) is 0 Å². The number of hydrogen-bond acceptors (Lipinski definition) is 4. The van der Waals surface area contributed by atoms with Crippen molar-refractivity contribution in [2.24, 2.45) is 0 Å². The molecule has 0 amide bonds. The van der Waals surface area contributed by atoms with Crippen molar-refractivity contribution in [2.75, 3.05) is 20.3 Å². The summed E-state index contributed by atoms with van der Waals surface area (Å²) in [6.45, 7) is 3.57. The number of halogens is 1. The van der Waals surface area contributed by atoms with Crippen LogP contribution in [0.15, 0.2) is 34.9 Å². The Labute approximate surface area is 132 Å². The SMILES string of the molecule is CCOc1ccccc1C(O)c1c(Br)cnn1CCOC. The van der Waals surface area contributed by atoms with Gasteiger partial charge in [-0.1, -0.05) is 18.2 Å². The second-order valence-electron chi connectivity index (χ2n) is 4.47. The first-order valence-corrected chi connectivity index (χ1v) is 7.58. The molecule has 114 valence electrons. The van der Waals surface area contributed by atoms with E-state index in [0.717, 1.165) is 10.0 Å². The third-order valence-corrected chi connectivity index (χ3v) is 3.72. The molecule has 0 bridgehead atoms. The highest BCUT2D eigenvalue weighted by Gasteiger charge is 2.22. The summed E-state index contributed by atoms with van der Waals surface area (Å²) in [5.41, 5.74) is 1.42. The molecule has 1 atom stereocenters. The van der Waals surface area contributed by atoms with E-state index < -0.39 is 6.10 Å². The molecule has 2 aromatic rings. The maximum atomic E-state index is 10.7. The summed E-state index contributed by atoms with van der Waals surface area (Å²) in [6, 6.07) is 7.48. The van der Waals surface area contributed by atoms with E-state index in [1.807, 2.05) is 31.2 Å². The number of rotatable bonds is 7. The van der Waals surface area contributed by atoms with Gasteiger partial charge in [0.2, 0.25) is 0 Å². The van der Waals surface area contributed by atoms with Crippen LogP contribution in [-0.4, -0.2) is 35.2 Å². The predicted molar refractivity (Wildman–Crippen MR) is 83.5 cm³/mol. The van der Waals surface area contributed by atoms with Crippen molar-refractivity contribution in [1.29, 1.82) is 0 Å². The zero-order valence-electron chi connectivity index (χ0n) is 12.1. The molecule has 2 rings (SSSR count). The van der Waals surface area contributed by atoms with Gasteiger partial charge in [-0.3, -0.25) is 4.68 Å². The zero-order chi connectivity index (χ0) is 15.2. The Morgan fingerprint density at radius 2 is 2.14 bits per heavy atom. The number of aromatic nitrogens is 2. The fraction of sp³-hybridized carbons (Fsp3) is 0.400. The molecule has 0 aliphatic rings. The first-order chi connectivity index (χ1) is 10.2. The maximum Gasteiger partial charge on any atom is 0.125 e. The predicted octanol–water partition coefficient (Wildman–Crippen LogP) is 2.77. The minimum atomic E-state index is -0.818. The lowest BCUT2D eigenvalue weighted by molar-refractivity contribution is 0.169. The van der Waals surface area contributed by atoms with Crippen molar-refractivity contribution in [2.45, 2.75) is 19.6 Å². The monoisotopic (exact) mass is 354 g/mol. The Kier molecular flexibility index (Phi) is 5.78. The van der Waals surface area contributed by atoms with E-state index in [1.54, 1.807) is 18.0 Å². The molecule has 1 unspecified atom stereocenters. The van der Waals surface area contributed by atoms with Crippen molar-refractivity contribution < 1.29 is 14.6 Å². The number of aliphatic hydroxyl groups is 1. The van der Waals surface area contributed by atoms with Gasteiger partial charge in [0.1, 0.15) is 11.9 Å². The van der Waals surface area contributed by atoms with Crippen molar-refractivity contribution in [3.8, 4) is 5.75 Å². The van der Waals surface area contributed by atoms with Crippen LogP contribution >= 0.6 is 15.9 Å². The molecule has 0 saturated heterocycles. The number of para-hydroxylation sites is 1. The average Bonchev–Trinajstić information content (AvgIpc) is 2.86. The third-order valence-electron chi connectivity index (χ3n) is 3.11. The minimum Gasteiger partial charge on any atom is -0.493 e. The summed E-state index contributed by atoms with van der Waals surface area (Å²) in [7, 11) is 1.64. The third kappa shape index (κ3) is 3.64. The molecule has 6 heteroatoms. The molecule has 5 nitrogen and oxygen atoms in total. The molecule has 0 spiro atoms. The molecule has 1 aromatic heterocycles. The van der Waals surface area contributed by atoms with Gasteiger partial charge in [-0.2, -0.15) is 5.10 Å². The van der Waals surface area contributed by atoms with E-state index in [2.05, 4.69) is 21.0 Å². The molecular weight excluding hydrogens is 336 g/mol. The Morgan fingerprint density at radius 3 is 2.86 bits per heavy atom. The first kappa shape index (κ1) is 16.0. The van der Waals surface area contributed by atoms with Crippen LogP contribution in [0.1, 0.15) is 24.3 Å². The molecule has 1 N–H and O–H groups in total. The maximum absolute atomic E-state index is 10.7. The van der Waals surface area contributed by atoms with Crippen molar-refractivity contribution in [1.82, 2.24) is 9.78 Å². The molecule has 0 radical (unpaired) electrons. The van der Waals surface area contributed by atoms with Gasteiger partial charge in [-0.15, -0.1) is 0 Å². The Morgan fingerprint density at radius 1 is 1.38 bits per heavy atom. The molecule has 0 aliphatic carbocycles. The van der Waals surface area contributed by atoms with E-state index >= 15 is 0 Å². The number of benzene rings is 1. The molecule has 1 aromatic carbocycles. The lowest BCUT2D eigenvalue weighted by Gasteiger charge is -2.17. The Hall–Kier alpha value is -1.37. The van der Waals surface area contributed by atoms with Gasteiger partial charge >= 0.3 is 0 Å². The van der Waals surface area contributed by atoms with E-state index in [4.69, 9.17) is 9.47 Å². The van der Waals surface area contributed by atoms with Crippen LogP contribution in [0.5, 0.6) is 5.75 Å². The van der Waals surface area contributed by atoms with Gasteiger partial charge in [-0.05, 0) is 28.9 Å². The summed E-state index contributed by atoms with van der Waals surface area (Å²) in [5, 5.41) is 15.0. The Bertz CT molecular complexity index is 586. The minimum absolute atomic E-state index is 0.529. The highest BCUT2D eigenvalue weighted by molar-refractivity contribution is 9.10. The summed E-state index contributed by atoms with van der Waals surface area (Å²) in [5.74, 6) is 0.680. The van der Waals surface area contributed by atoms with Gasteiger partial charge in [0.25, 0.3) is 0 Å². The number of hydrogen-bond donors (Lipinski definition) is 1. The van der Waals surface area contributed by atoms with Gasteiger partial charge in [0, 0.05) is 12.7 Å². The van der Waals surface area contributed by atoms with Crippen LogP contribution < -0.4 is 4.74 Å². The molecule has 0 aliphatic heterocycles. The van der Waals surface area contributed by atoms with E-state index in [9.17, 15) is 5.11 Å². The van der Waals surface area contributed by atoms with Gasteiger partial charge in [0.15, 0.2) is 0 Å². The van der Waals surface area contributed by atoms with Crippen LogP contribution in [0, 0.1) is 0 Å². The molecule has 21 heavy (non-hydrogen) atoms. The van der Waals surface area contributed by atoms with Crippen LogP contribution in [0.2, 0.25) is 0 Å². The fourth-order valence-electron chi connectivity index (χ4n) is 2.14. The van der Waals surface area contributed by atoms with Crippen LogP contribution in [0.3, 0.4) is 0 Å². The quantitative estimate of drug-likeness (QED) is 0.830. The van der Waals surface area contributed by atoms with Crippen LogP contribution in [-0.2, 0) is 11.3 Å². The van der Waals surface area contributed by atoms with Crippen LogP contribution in [0.25, 0.3) is 0 Å². The number of methoxy groups -OCH3 is 1. The van der Waals surface area contributed by atoms with Crippen LogP contribution in [0.4, 0.5) is 0 Å². The lowest BCUT2D eigenvalue weighted by atomic mass is 10.1. The van der Waals surface area contributed by atoms with E-state index in [1.165, 1.54) is 0 Å². The normalized spacial score (nSPS) is 12.4.